The fourth-order valence-corrected chi connectivity index (χ4v) is 5.93. The minimum atomic E-state index is -3.94. The molecule has 1 aliphatic carbocycles. The van der Waals surface area contributed by atoms with E-state index in [-0.39, 0.29) is 23.4 Å². The first-order valence-electron chi connectivity index (χ1n) is 12.9. The normalized spacial score (nSPS) is 14.9. The van der Waals surface area contributed by atoms with Crippen LogP contribution in [0.2, 0.25) is 0 Å². The molecule has 0 heterocycles. The second kappa shape index (κ2) is 12.0. The number of ether oxygens (including phenoxy) is 1. The molecule has 0 aliphatic heterocycles. The van der Waals surface area contributed by atoms with Crippen LogP contribution in [0.4, 0.5) is 0 Å². The van der Waals surface area contributed by atoms with Crippen LogP contribution in [0.5, 0.6) is 5.75 Å². The summed E-state index contributed by atoms with van der Waals surface area (Å²) in [6.07, 6.45) is 4.01. The van der Waals surface area contributed by atoms with Gasteiger partial charge in [0.2, 0.25) is 21.8 Å². The molecule has 4 rings (SSSR count). The molecule has 0 radical (unpaired) electrons. The van der Waals surface area contributed by atoms with E-state index in [2.05, 4.69) is 5.32 Å². The molecule has 0 aromatic heterocycles. The number of nitrogens with one attached hydrogen (secondary N) is 1. The number of methoxy groups -OCH3 is 1. The number of carbonyl (C=O) groups excluding carboxylic acids is 2. The first-order chi connectivity index (χ1) is 18.2. The van der Waals surface area contributed by atoms with Gasteiger partial charge in [0.1, 0.15) is 11.8 Å². The molecule has 3 aromatic rings. The maximum atomic E-state index is 13.6. The highest BCUT2D eigenvalue weighted by molar-refractivity contribution is 7.89. The minimum absolute atomic E-state index is 0.110. The number of hydrogen-bond donors (Lipinski definition) is 1. The first-order valence-corrected chi connectivity index (χ1v) is 14.3. The summed E-state index contributed by atoms with van der Waals surface area (Å²) < 4.78 is 33.0. The highest BCUT2D eigenvalue weighted by Gasteiger charge is 2.31. The van der Waals surface area contributed by atoms with Gasteiger partial charge in [-0.05, 0) is 60.4 Å². The molecule has 8 nitrogen and oxygen atoms in total. The Bertz CT molecular complexity index is 1380. The Balaban J connectivity index is 1.54. The molecule has 1 aliphatic rings. The molecule has 1 N–H and O–H groups in total. The molecular weight excluding hydrogens is 502 g/mol. The Labute approximate surface area is 224 Å². The van der Waals surface area contributed by atoms with Crippen LogP contribution in [-0.4, -0.2) is 62.2 Å². The number of amides is 2. The van der Waals surface area contributed by atoms with Crippen LogP contribution < -0.4 is 10.1 Å². The molecule has 0 unspecified atom stereocenters. The van der Waals surface area contributed by atoms with E-state index in [0.717, 1.165) is 46.3 Å². The molecule has 0 spiro atoms. The second-order valence-corrected chi connectivity index (χ2v) is 11.9. The molecule has 2 amide bonds. The summed E-state index contributed by atoms with van der Waals surface area (Å²) in [7, 11) is -0.975. The average Bonchev–Trinajstić information content (AvgIpc) is 3.44. The Morgan fingerprint density at radius 2 is 1.66 bits per heavy atom. The number of hydrogen-bond acceptors (Lipinski definition) is 5. The van der Waals surface area contributed by atoms with E-state index in [1.165, 1.54) is 11.9 Å². The summed E-state index contributed by atoms with van der Waals surface area (Å²) in [6.45, 7) is 1.45. The molecule has 3 aromatic carbocycles. The third kappa shape index (κ3) is 6.34. The van der Waals surface area contributed by atoms with Crippen molar-refractivity contribution in [3.05, 3.63) is 72.3 Å². The topological polar surface area (TPSA) is 96.0 Å². The van der Waals surface area contributed by atoms with Crippen molar-refractivity contribution in [2.24, 2.45) is 0 Å². The van der Waals surface area contributed by atoms with Crippen molar-refractivity contribution in [3.8, 4) is 5.75 Å². The third-order valence-corrected chi connectivity index (χ3v) is 8.97. The number of carbonyl (C=O) groups is 2. The van der Waals surface area contributed by atoms with Gasteiger partial charge >= 0.3 is 0 Å². The molecule has 38 heavy (non-hydrogen) atoms. The molecule has 9 heteroatoms. The number of nitrogens with zero attached hydrogens (tertiary/aromatic N) is 2. The van der Waals surface area contributed by atoms with Crippen molar-refractivity contribution in [1.82, 2.24) is 14.5 Å². The fraction of sp³-hybridized carbons (Fsp3) is 0.379. The SMILES string of the molecule is COc1ccc(CN(C(=O)CN(C)S(=O)(=O)c2ccc3ccccc3c2)[C@@H](C)C(=O)NC2CCCC2)cc1. The number of benzene rings is 3. The molecule has 0 saturated heterocycles. The van der Waals surface area contributed by atoms with E-state index >= 15 is 0 Å². The first kappa shape index (κ1) is 27.6. The van der Waals surface area contributed by atoms with Gasteiger partial charge in [0, 0.05) is 19.6 Å². The van der Waals surface area contributed by atoms with Crippen LogP contribution in [0.25, 0.3) is 10.8 Å². The van der Waals surface area contributed by atoms with Crippen LogP contribution >= 0.6 is 0 Å². The molecule has 202 valence electrons. The van der Waals surface area contributed by atoms with Gasteiger partial charge in [0.15, 0.2) is 0 Å². The molecule has 1 saturated carbocycles. The summed E-state index contributed by atoms with van der Waals surface area (Å²) in [5.74, 6) is -0.0135. The van der Waals surface area contributed by atoms with Gasteiger partial charge < -0.3 is 15.0 Å². The van der Waals surface area contributed by atoms with Crippen molar-refractivity contribution < 1.29 is 22.7 Å². The number of fused-ring (bicyclic) bond motifs is 1. The van der Waals surface area contributed by atoms with Gasteiger partial charge in [0.25, 0.3) is 0 Å². The quantitative estimate of drug-likeness (QED) is 0.423. The van der Waals surface area contributed by atoms with E-state index in [0.29, 0.717) is 5.75 Å². The Kier molecular flexibility index (Phi) is 8.69. The van der Waals surface area contributed by atoms with E-state index in [4.69, 9.17) is 4.74 Å². The van der Waals surface area contributed by atoms with Gasteiger partial charge in [-0.2, -0.15) is 4.31 Å². The van der Waals surface area contributed by atoms with Crippen molar-refractivity contribution in [1.29, 1.82) is 0 Å². The second-order valence-electron chi connectivity index (χ2n) is 9.81. The predicted molar refractivity (Wildman–Crippen MR) is 147 cm³/mol. The molecular formula is C29H35N3O5S. The Morgan fingerprint density at radius 3 is 2.32 bits per heavy atom. The summed E-state index contributed by atoms with van der Waals surface area (Å²) in [5.41, 5.74) is 0.805. The van der Waals surface area contributed by atoms with Crippen molar-refractivity contribution in [3.63, 3.8) is 0 Å². The average molecular weight is 538 g/mol. The molecule has 1 fully saturated rings. The lowest BCUT2D eigenvalue weighted by Gasteiger charge is -2.31. The van der Waals surface area contributed by atoms with Gasteiger partial charge in [-0.1, -0.05) is 55.3 Å². The van der Waals surface area contributed by atoms with Crippen LogP contribution in [0.3, 0.4) is 0 Å². The highest BCUT2D eigenvalue weighted by atomic mass is 32.2. The summed E-state index contributed by atoms with van der Waals surface area (Å²) in [4.78, 5) is 28.2. The van der Waals surface area contributed by atoms with Gasteiger partial charge in [-0.25, -0.2) is 8.42 Å². The van der Waals surface area contributed by atoms with Crippen molar-refractivity contribution in [2.75, 3.05) is 20.7 Å². The zero-order chi connectivity index (χ0) is 27.3. The van der Waals surface area contributed by atoms with E-state index in [1.807, 2.05) is 36.4 Å². The monoisotopic (exact) mass is 537 g/mol. The molecule has 1 atom stereocenters. The smallest absolute Gasteiger partial charge is 0.243 e. The minimum Gasteiger partial charge on any atom is -0.497 e. The molecule has 0 bridgehead atoms. The van der Waals surface area contributed by atoms with Crippen molar-refractivity contribution in [2.45, 2.75) is 56.1 Å². The van der Waals surface area contributed by atoms with Crippen LogP contribution in [-0.2, 0) is 26.2 Å². The Hall–Kier alpha value is -3.43. The summed E-state index contributed by atoms with van der Waals surface area (Å²) >= 11 is 0. The zero-order valence-electron chi connectivity index (χ0n) is 22.1. The zero-order valence-corrected chi connectivity index (χ0v) is 22.9. The maximum absolute atomic E-state index is 13.6. The highest BCUT2D eigenvalue weighted by Crippen LogP contribution is 2.23. The predicted octanol–water partition coefficient (Wildman–Crippen LogP) is 3.95. The van der Waals surface area contributed by atoms with Gasteiger partial charge in [-0.3, -0.25) is 9.59 Å². The van der Waals surface area contributed by atoms with Gasteiger partial charge in [0.05, 0.1) is 18.6 Å². The van der Waals surface area contributed by atoms with Gasteiger partial charge in [-0.15, -0.1) is 0 Å². The van der Waals surface area contributed by atoms with Crippen molar-refractivity contribution >= 4 is 32.6 Å². The lowest BCUT2D eigenvalue weighted by atomic mass is 10.1. The van der Waals surface area contributed by atoms with E-state index < -0.39 is 28.5 Å². The van der Waals surface area contributed by atoms with E-state index in [1.54, 1.807) is 44.4 Å². The number of sulfonamides is 1. The summed E-state index contributed by atoms with van der Waals surface area (Å²) in [6, 6.07) is 19.0. The van der Waals surface area contributed by atoms with Crippen LogP contribution in [0, 0.1) is 0 Å². The lowest BCUT2D eigenvalue weighted by Crippen LogP contribution is -2.52. The largest absolute Gasteiger partial charge is 0.497 e. The Morgan fingerprint density at radius 1 is 1.00 bits per heavy atom. The number of rotatable bonds is 10. The fourth-order valence-electron chi connectivity index (χ4n) is 4.78. The lowest BCUT2D eigenvalue weighted by molar-refractivity contribution is -0.140. The van der Waals surface area contributed by atoms with Crippen LogP contribution in [0.15, 0.2) is 71.6 Å². The van der Waals surface area contributed by atoms with Crippen LogP contribution in [0.1, 0.15) is 38.2 Å². The standard InChI is InChI=1S/C29H35N3O5S/c1-21(29(34)30-25-10-6-7-11-25)32(19-22-12-15-26(37-3)16-13-22)28(33)20-31(2)38(35,36)27-17-14-23-8-4-5-9-24(23)18-27/h4-5,8-9,12-18,21,25H,6-7,10-11,19-20H2,1-3H3,(H,30,34)/t21-/m0/s1. The summed E-state index contributed by atoms with van der Waals surface area (Å²) in [5, 5.41) is 4.79. The number of likely N-dealkylation sites (N-methyl/N-ethyl adjacent to an activating group) is 1. The maximum Gasteiger partial charge on any atom is 0.243 e. The third-order valence-electron chi connectivity index (χ3n) is 7.17. The van der Waals surface area contributed by atoms with E-state index in [9.17, 15) is 18.0 Å².